The van der Waals surface area contributed by atoms with Crippen LogP contribution in [0.25, 0.3) is 11.1 Å². The molecule has 0 unspecified atom stereocenters. The van der Waals surface area contributed by atoms with Crippen LogP contribution in [0, 0.1) is 0 Å². The largest absolute Gasteiger partial charge is 0.497 e. The normalized spacial score (nSPS) is 13.8. The van der Waals surface area contributed by atoms with Crippen LogP contribution in [0.5, 0.6) is 5.75 Å². The zero-order valence-corrected chi connectivity index (χ0v) is 23.9. The van der Waals surface area contributed by atoms with Gasteiger partial charge in [0.05, 0.1) is 7.11 Å². The first-order valence-electron chi connectivity index (χ1n) is 14.7. The number of benzene rings is 3. The highest BCUT2D eigenvalue weighted by Crippen LogP contribution is 2.23. The van der Waals surface area contributed by atoms with Gasteiger partial charge in [0.15, 0.2) is 0 Å². The lowest BCUT2D eigenvalue weighted by Crippen LogP contribution is -2.34. The van der Waals surface area contributed by atoms with Crippen LogP contribution >= 0.6 is 0 Å². The number of amides is 2. The molecule has 5 rings (SSSR count). The Morgan fingerprint density at radius 3 is 2.05 bits per heavy atom. The van der Waals surface area contributed by atoms with Crippen molar-refractivity contribution < 1.29 is 9.53 Å². The lowest BCUT2D eigenvalue weighted by atomic mass is 10.0. The van der Waals surface area contributed by atoms with E-state index < -0.39 is 0 Å². The molecule has 2 N–H and O–H groups in total. The molecule has 1 aliphatic rings. The van der Waals surface area contributed by atoms with E-state index in [1.807, 2.05) is 36.4 Å². The van der Waals surface area contributed by atoms with Gasteiger partial charge in [-0.1, -0.05) is 80.3 Å². The van der Waals surface area contributed by atoms with Gasteiger partial charge >= 0.3 is 6.03 Å². The number of aromatic nitrogens is 1. The van der Waals surface area contributed by atoms with Gasteiger partial charge in [-0.2, -0.15) is 0 Å². The summed E-state index contributed by atoms with van der Waals surface area (Å²) in [5.41, 5.74) is 6.44. The number of ether oxygens (including phenoxy) is 1. The monoisotopic (exact) mass is 548 g/mol. The molecule has 0 saturated heterocycles. The van der Waals surface area contributed by atoms with Crippen molar-refractivity contribution in [2.24, 2.45) is 0 Å². The zero-order chi connectivity index (χ0) is 28.3. The maximum Gasteiger partial charge on any atom is 0.322 e. The molecule has 41 heavy (non-hydrogen) atoms. The van der Waals surface area contributed by atoms with E-state index in [-0.39, 0.29) is 6.03 Å². The topological polar surface area (TPSA) is 66.5 Å². The standard InChI is InChI=1S/C35H40N4O2/c1-41-34-20-18-33(19-21-34)38-35(40)39(26-29-7-6-22-36-23-29)25-28-12-16-31(17-13-28)30-14-10-27(11-15-30)24-37-32-8-4-2-3-5-9-32/h6-7,10-23,32,37H,2-5,8-9,24-26H2,1H3,(H,38,40). The summed E-state index contributed by atoms with van der Waals surface area (Å²) in [7, 11) is 1.63. The summed E-state index contributed by atoms with van der Waals surface area (Å²) in [6.07, 6.45) is 11.6. The molecule has 2 amide bonds. The van der Waals surface area contributed by atoms with Crippen LogP contribution in [-0.4, -0.2) is 29.1 Å². The Balaban J connectivity index is 1.22. The molecule has 0 aliphatic heterocycles. The van der Waals surface area contributed by atoms with Crippen molar-refractivity contribution in [2.75, 3.05) is 12.4 Å². The fraction of sp³-hybridized carbons (Fsp3) is 0.314. The van der Waals surface area contributed by atoms with E-state index in [1.54, 1.807) is 24.4 Å². The smallest absolute Gasteiger partial charge is 0.322 e. The number of rotatable bonds is 10. The van der Waals surface area contributed by atoms with Gasteiger partial charge in [0.25, 0.3) is 0 Å². The first kappa shape index (κ1) is 28.4. The number of nitrogens with one attached hydrogen (secondary N) is 2. The molecule has 1 aromatic heterocycles. The van der Waals surface area contributed by atoms with Gasteiger partial charge in [0, 0.05) is 43.8 Å². The van der Waals surface area contributed by atoms with Gasteiger partial charge in [-0.3, -0.25) is 4.98 Å². The van der Waals surface area contributed by atoms with Crippen LogP contribution in [-0.2, 0) is 19.6 Å². The fourth-order valence-electron chi connectivity index (χ4n) is 5.37. The number of nitrogens with zero attached hydrogens (tertiary/aromatic N) is 2. The van der Waals surface area contributed by atoms with Gasteiger partial charge in [0.1, 0.15) is 5.75 Å². The van der Waals surface area contributed by atoms with Gasteiger partial charge in [0.2, 0.25) is 0 Å². The predicted molar refractivity (Wildman–Crippen MR) is 166 cm³/mol. The highest BCUT2D eigenvalue weighted by atomic mass is 16.5. The molecule has 212 valence electrons. The van der Waals surface area contributed by atoms with Crippen molar-refractivity contribution in [1.29, 1.82) is 0 Å². The van der Waals surface area contributed by atoms with Crippen LogP contribution < -0.4 is 15.4 Å². The molecule has 6 nitrogen and oxygen atoms in total. The number of methoxy groups -OCH3 is 1. The quantitative estimate of drug-likeness (QED) is 0.198. The van der Waals surface area contributed by atoms with Crippen molar-refractivity contribution in [3.8, 4) is 16.9 Å². The van der Waals surface area contributed by atoms with Crippen LogP contribution in [0.15, 0.2) is 97.3 Å². The van der Waals surface area contributed by atoms with E-state index in [9.17, 15) is 4.79 Å². The molecule has 1 saturated carbocycles. The van der Waals surface area contributed by atoms with Gasteiger partial charge in [-0.05, 0) is 71.0 Å². The summed E-state index contributed by atoms with van der Waals surface area (Å²) in [6.45, 7) is 1.85. The highest BCUT2D eigenvalue weighted by Gasteiger charge is 2.16. The van der Waals surface area contributed by atoms with E-state index in [2.05, 4.69) is 64.1 Å². The number of carbonyl (C=O) groups is 1. The third-order valence-electron chi connectivity index (χ3n) is 7.79. The number of pyridine rings is 1. The van der Waals surface area contributed by atoms with E-state index in [1.165, 1.54) is 55.2 Å². The molecule has 0 atom stereocenters. The minimum atomic E-state index is -0.170. The van der Waals surface area contributed by atoms with Crippen molar-refractivity contribution in [3.63, 3.8) is 0 Å². The minimum absolute atomic E-state index is 0.170. The summed E-state index contributed by atoms with van der Waals surface area (Å²) in [5.74, 6) is 0.747. The molecule has 4 aromatic rings. The summed E-state index contributed by atoms with van der Waals surface area (Å²) in [5, 5.41) is 6.78. The molecule has 1 heterocycles. The van der Waals surface area contributed by atoms with E-state index >= 15 is 0 Å². The Bertz CT molecular complexity index is 1350. The van der Waals surface area contributed by atoms with Crippen LogP contribution in [0.4, 0.5) is 10.5 Å². The second kappa shape index (κ2) is 14.5. The van der Waals surface area contributed by atoms with Gasteiger partial charge in [-0.15, -0.1) is 0 Å². The Labute approximate surface area is 243 Å². The number of hydrogen-bond donors (Lipinski definition) is 2. The fourth-order valence-corrected chi connectivity index (χ4v) is 5.37. The molecular formula is C35H40N4O2. The molecule has 3 aromatic carbocycles. The Kier molecular flexibility index (Phi) is 10.0. The first-order valence-corrected chi connectivity index (χ1v) is 14.7. The van der Waals surface area contributed by atoms with Gasteiger partial charge < -0.3 is 20.3 Å². The summed E-state index contributed by atoms with van der Waals surface area (Å²) < 4.78 is 5.23. The molecule has 0 spiro atoms. The van der Waals surface area contributed by atoms with Crippen LogP contribution in [0.1, 0.15) is 55.2 Å². The number of carbonyl (C=O) groups excluding carboxylic acids is 1. The summed E-state index contributed by atoms with van der Waals surface area (Å²) in [4.78, 5) is 19.3. The number of anilines is 1. The average molecular weight is 549 g/mol. The summed E-state index contributed by atoms with van der Waals surface area (Å²) in [6, 6.07) is 29.1. The molecule has 1 fully saturated rings. The predicted octanol–water partition coefficient (Wildman–Crippen LogP) is 7.80. The maximum absolute atomic E-state index is 13.3. The highest BCUT2D eigenvalue weighted by molar-refractivity contribution is 5.89. The SMILES string of the molecule is COc1ccc(NC(=O)N(Cc2ccc(-c3ccc(CNC4CCCCCC4)cc3)cc2)Cc2cccnc2)cc1. The van der Waals surface area contributed by atoms with Crippen molar-refractivity contribution in [1.82, 2.24) is 15.2 Å². The van der Waals surface area contributed by atoms with Crippen molar-refractivity contribution in [3.05, 3.63) is 114 Å². The lowest BCUT2D eigenvalue weighted by molar-refractivity contribution is 0.206. The van der Waals surface area contributed by atoms with E-state index in [0.29, 0.717) is 19.1 Å². The molecule has 0 bridgehead atoms. The van der Waals surface area contributed by atoms with Gasteiger partial charge in [-0.25, -0.2) is 4.79 Å². The van der Waals surface area contributed by atoms with Crippen molar-refractivity contribution >= 4 is 11.7 Å². The molecular weight excluding hydrogens is 508 g/mol. The third-order valence-corrected chi connectivity index (χ3v) is 7.79. The van der Waals surface area contributed by atoms with E-state index in [4.69, 9.17) is 4.74 Å². The molecule has 6 heteroatoms. The lowest BCUT2D eigenvalue weighted by Gasteiger charge is -2.23. The molecule has 0 radical (unpaired) electrons. The second-order valence-electron chi connectivity index (χ2n) is 10.8. The maximum atomic E-state index is 13.3. The van der Waals surface area contributed by atoms with E-state index in [0.717, 1.165) is 29.1 Å². The minimum Gasteiger partial charge on any atom is -0.497 e. The Morgan fingerprint density at radius 2 is 1.44 bits per heavy atom. The van der Waals surface area contributed by atoms with Crippen molar-refractivity contribution in [2.45, 2.75) is 64.2 Å². The first-order chi connectivity index (χ1) is 20.2. The number of hydrogen-bond acceptors (Lipinski definition) is 4. The van der Waals surface area contributed by atoms with Crippen LogP contribution in [0.2, 0.25) is 0 Å². The number of urea groups is 1. The Hall–Kier alpha value is -4.16. The second-order valence-corrected chi connectivity index (χ2v) is 10.8. The van der Waals surface area contributed by atoms with Crippen LogP contribution in [0.3, 0.4) is 0 Å². The summed E-state index contributed by atoms with van der Waals surface area (Å²) >= 11 is 0. The average Bonchev–Trinajstić information content (AvgIpc) is 3.30. The zero-order valence-electron chi connectivity index (χ0n) is 23.9. The Morgan fingerprint density at radius 1 is 0.805 bits per heavy atom. The molecule has 1 aliphatic carbocycles. The third kappa shape index (κ3) is 8.41.